The van der Waals surface area contributed by atoms with E-state index < -0.39 is 28.5 Å². The topological polar surface area (TPSA) is 116 Å². The van der Waals surface area contributed by atoms with Crippen LogP contribution in [0.1, 0.15) is 24.2 Å². The summed E-state index contributed by atoms with van der Waals surface area (Å²) in [4.78, 5) is 47.6. The van der Waals surface area contributed by atoms with Crippen LogP contribution in [0.4, 0.5) is 0 Å². The van der Waals surface area contributed by atoms with Crippen LogP contribution in [0.3, 0.4) is 0 Å². The third-order valence-corrected chi connectivity index (χ3v) is 3.96. The number of hydrogen-bond donors (Lipinski definition) is 1. The van der Waals surface area contributed by atoms with Crippen LogP contribution in [-0.4, -0.2) is 24.8 Å². The maximum absolute atomic E-state index is 12.5. The van der Waals surface area contributed by atoms with E-state index in [-0.39, 0.29) is 12.1 Å². The Morgan fingerprint density at radius 2 is 1.80 bits per heavy atom. The number of benzene rings is 1. The van der Waals surface area contributed by atoms with Gasteiger partial charge in [0.25, 0.3) is 5.56 Å². The van der Waals surface area contributed by atoms with Crippen molar-refractivity contribution in [3.63, 3.8) is 0 Å². The number of oxazole rings is 1. The molecule has 3 aromatic rings. The minimum absolute atomic E-state index is 0.0301. The van der Waals surface area contributed by atoms with Crippen molar-refractivity contribution >= 4 is 17.1 Å². The van der Waals surface area contributed by atoms with Crippen molar-refractivity contribution in [1.29, 1.82) is 0 Å². The number of hydrogen-bond acceptors (Lipinski definition) is 5. The van der Waals surface area contributed by atoms with Crippen LogP contribution >= 0.6 is 0 Å². The van der Waals surface area contributed by atoms with Crippen LogP contribution in [0.25, 0.3) is 16.8 Å². The molecule has 1 aromatic carbocycles. The Morgan fingerprint density at radius 1 is 1.12 bits per heavy atom. The van der Waals surface area contributed by atoms with E-state index in [1.54, 1.807) is 26.0 Å². The average Bonchev–Trinajstić information content (AvgIpc) is 2.89. The lowest BCUT2D eigenvalue weighted by Crippen LogP contribution is -2.41. The molecule has 2 heterocycles. The molecule has 0 spiro atoms. The van der Waals surface area contributed by atoms with Gasteiger partial charge in [-0.3, -0.25) is 18.5 Å². The summed E-state index contributed by atoms with van der Waals surface area (Å²) in [5, 5.41) is 9.20. The lowest BCUT2D eigenvalue weighted by atomic mass is 10.2. The van der Waals surface area contributed by atoms with Gasteiger partial charge in [-0.25, -0.2) is 14.4 Å². The average molecular weight is 345 g/mol. The minimum Gasteiger partial charge on any atom is -0.477 e. The van der Waals surface area contributed by atoms with Crippen LogP contribution < -0.4 is 17.0 Å². The zero-order chi connectivity index (χ0) is 18.3. The van der Waals surface area contributed by atoms with Gasteiger partial charge in [-0.2, -0.15) is 0 Å². The van der Waals surface area contributed by atoms with Crippen molar-refractivity contribution in [2.75, 3.05) is 0 Å². The highest BCUT2D eigenvalue weighted by atomic mass is 16.4. The Morgan fingerprint density at radius 3 is 2.40 bits per heavy atom. The van der Waals surface area contributed by atoms with Crippen LogP contribution in [0.15, 0.2) is 43.2 Å². The second kappa shape index (κ2) is 5.93. The van der Waals surface area contributed by atoms with Crippen molar-refractivity contribution in [2.24, 2.45) is 0 Å². The maximum Gasteiger partial charge on any atom is 0.419 e. The molecule has 25 heavy (non-hydrogen) atoms. The monoisotopic (exact) mass is 345 g/mol. The summed E-state index contributed by atoms with van der Waals surface area (Å²) in [6, 6.07) is 4.62. The molecule has 0 aliphatic carbocycles. The van der Waals surface area contributed by atoms with E-state index in [2.05, 4.69) is 0 Å². The molecule has 2 aromatic heterocycles. The molecular weight excluding hydrogens is 330 g/mol. The molecule has 1 N–H and O–H groups in total. The molecule has 9 nitrogen and oxygen atoms in total. The lowest BCUT2D eigenvalue weighted by molar-refractivity contribution is 0.0693. The van der Waals surface area contributed by atoms with Crippen molar-refractivity contribution in [3.05, 3.63) is 61.3 Å². The van der Waals surface area contributed by atoms with Crippen molar-refractivity contribution in [3.8, 4) is 5.69 Å². The number of carboxylic acids is 1. The molecule has 0 aliphatic rings. The van der Waals surface area contributed by atoms with E-state index in [0.717, 1.165) is 15.3 Å². The van der Waals surface area contributed by atoms with Gasteiger partial charge in [-0.05, 0) is 26.0 Å². The third-order valence-electron chi connectivity index (χ3n) is 3.96. The molecule has 0 atom stereocenters. The van der Waals surface area contributed by atoms with Gasteiger partial charge in [0.15, 0.2) is 5.58 Å². The summed E-state index contributed by atoms with van der Waals surface area (Å²) in [7, 11) is 0. The smallest absolute Gasteiger partial charge is 0.419 e. The standard InChI is InChI=1S/C16H15N3O6/c1-3-17-11-6-5-9(7-12(11)25-16(17)24)19-8-10(14(21)22)13(20)18(4-2)15(19)23/h5-8H,3-4H2,1-2H3,(H,21,22). The number of nitrogens with zero attached hydrogens (tertiary/aromatic N) is 3. The SMILES string of the molecule is CCn1c(=O)c(C(=O)O)cn(-c2ccc3c(c2)oc(=O)n3CC)c1=O. The quantitative estimate of drug-likeness (QED) is 0.742. The highest BCUT2D eigenvalue weighted by Crippen LogP contribution is 2.17. The first-order chi connectivity index (χ1) is 11.9. The largest absolute Gasteiger partial charge is 0.477 e. The molecular formula is C16H15N3O6. The summed E-state index contributed by atoms with van der Waals surface area (Å²) in [6.45, 7) is 3.82. The zero-order valence-corrected chi connectivity index (χ0v) is 13.6. The summed E-state index contributed by atoms with van der Waals surface area (Å²) in [5.41, 5.74) is -0.933. The van der Waals surface area contributed by atoms with Crippen molar-refractivity contribution in [1.82, 2.24) is 13.7 Å². The highest BCUT2D eigenvalue weighted by Gasteiger charge is 2.17. The molecule has 0 unspecified atom stereocenters. The Kier molecular flexibility index (Phi) is 3.91. The summed E-state index contributed by atoms with van der Waals surface area (Å²) in [6.07, 6.45) is 0.981. The number of aromatic carboxylic acids is 1. The fraction of sp³-hybridized carbons (Fsp3) is 0.250. The van der Waals surface area contributed by atoms with E-state index in [1.807, 2.05) is 0 Å². The Hall–Kier alpha value is -3.36. The molecule has 0 saturated carbocycles. The number of carboxylic acid groups (broad SMARTS) is 1. The van der Waals surface area contributed by atoms with E-state index in [0.29, 0.717) is 17.7 Å². The molecule has 3 rings (SSSR count). The third kappa shape index (κ3) is 2.49. The van der Waals surface area contributed by atoms with E-state index in [9.17, 15) is 24.3 Å². The molecule has 0 aliphatic heterocycles. The first kappa shape index (κ1) is 16.5. The van der Waals surface area contributed by atoms with Gasteiger partial charge in [-0.1, -0.05) is 0 Å². The van der Waals surface area contributed by atoms with Gasteiger partial charge >= 0.3 is 17.4 Å². The first-order valence-electron chi connectivity index (χ1n) is 7.62. The minimum atomic E-state index is -1.43. The predicted molar refractivity (Wildman–Crippen MR) is 88.6 cm³/mol. The maximum atomic E-state index is 12.5. The van der Waals surface area contributed by atoms with Crippen LogP contribution in [-0.2, 0) is 13.1 Å². The normalized spacial score (nSPS) is 11.1. The Labute approximate surface area is 140 Å². The van der Waals surface area contributed by atoms with Crippen molar-refractivity contribution < 1.29 is 14.3 Å². The number of aromatic nitrogens is 3. The predicted octanol–water partition coefficient (Wildman–Crippen LogP) is 0.645. The molecule has 0 bridgehead atoms. The van der Waals surface area contributed by atoms with E-state index in [1.165, 1.54) is 10.6 Å². The number of fused-ring (bicyclic) bond motifs is 1. The molecule has 0 amide bonds. The lowest BCUT2D eigenvalue weighted by Gasteiger charge is -2.10. The van der Waals surface area contributed by atoms with Crippen LogP contribution in [0.2, 0.25) is 0 Å². The Bertz CT molecular complexity index is 1160. The molecule has 9 heteroatoms. The van der Waals surface area contributed by atoms with Gasteiger partial charge in [-0.15, -0.1) is 0 Å². The molecule has 0 fully saturated rings. The first-order valence-corrected chi connectivity index (χ1v) is 7.62. The zero-order valence-electron chi connectivity index (χ0n) is 13.6. The summed E-state index contributed by atoms with van der Waals surface area (Å²) >= 11 is 0. The van der Waals surface area contributed by atoms with E-state index >= 15 is 0 Å². The molecule has 0 radical (unpaired) electrons. The van der Waals surface area contributed by atoms with Gasteiger partial charge in [0.2, 0.25) is 0 Å². The van der Waals surface area contributed by atoms with Crippen LogP contribution in [0.5, 0.6) is 0 Å². The van der Waals surface area contributed by atoms with Gasteiger partial charge in [0.05, 0.1) is 11.2 Å². The van der Waals surface area contributed by atoms with Crippen molar-refractivity contribution in [2.45, 2.75) is 26.9 Å². The van der Waals surface area contributed by atoms with Crippen LogP contribution in [0, 0.1) is 0 Å². The second-order valence-electron chi connectivity index (χ2n) is 5.31. The highest BCUT2D eigenvalue weighted by molar-refractivity contribution is 5.86. The Balaban J connectivity index is 2.33. The van der Waals surface area contributed by atoms with E-state index in [4.69, 9.17) is 4.42 Å². The second-order valence-corrected chi connectivity index (χ2v) is 5.31. The number of rotatable bonds is 4. The number of aryl methyl sites for hydroxylation is 1. The molecule has 0 saturated heterocycles. The van der Waals surface area contributed by atoms with Gasteiger partial charge in [0.1, 0.15) is 5.56 Å². The van der Waals surface area contributed by atoms with Gasteiger partial charge in [0, 0.05) is 25.4 Å². The summed E-state index contributed by atoms with van der Waals surface area (Å²) in [5.74, 6) is -1.95. The fourth-order valence-corrected chi connectivity index (χ4v) is 2.72. The summed E-state index contributed by atoms with van der Waals surface area (Å²) < 4.78 is 8.47. The molecule has 130 valence electrons. The number of carbonyl (C=O) groups is 1. The van der Waals surface area contributed by atoms with Gasteiger partial charge < -0.3 is 9.52 Å². The fourth-order valence-electron chi connectivity index (χ4n) is 2.72.